The Bertz CT molecular complexity index is 1100. The Kier molecular flexibility index (Phi) is 6.96. The second kappa shape index (κ2) is 9.90. The number of carbonyl (C=O) groups excluding carboxylic acids is 2. The van der Waals surface area contributed by atoms with Crippen molar-refractivity contribution in [2.45, 2.75) is 17.9 Å². The second-order valence-electron chi connectivity index (χ2n) is 8.10. The van der Waals surface area contributed by atoms with Crippen LogP contribution in [-0.2, 0) is 19.6 Å². The Morgan fingerprint density at radius 2 is 1.70 bits per heavy atom. The molecule has 4 rings (SSSR count). The Balaban J connectivity index is 1.38. The maximum Gasteiger partial charge on any atom is 0.251 e. The molecule has 0 spiro atoms. The lowest BCUT2D eigenvalue weighted by Gasteiger charge is -2.29. The molecule has 2 saturated heterocycles. The first-order valence-electron chi connectivity index (χ1n) is 10.9. The molecule has 0 bridgehead atoms. The summed E-state index contributed by atoms with van der Waals surface area (Å²) in [4.78, 5) is 26.6. The van der Waals surface area contributed by atoms with Gasteiger partial charge in [-0.3, -0.25) is 9.59 Å². The van der Waals surface area contributed by atoms with Gasteiger partial charge < -0.3 is 20.3 Å². The second-order valence-corrected chi connectivity index (χ2v) is 10.0. The molecule has 1 atom stereocenters. The Labute approximate surface area is 193 Å². The number of rotatable bonds is 6. The van der Waals surface area contributed by atoms with E-state index in [2.05, 4.69) is 15.5 Å². The Hall–Kier alpha value is -2.95. The van der Waals surface area contributed by atoms with Crippen LogP contribution >= 0.6 is 0 Å². The van der Waals surface area contributed by atoms with Crippen LogP contribution in [0.3, 0.4) is 0 Å². The van der Waals surface area contributed by atoms with Crippen molar-refractivity contribution in [3.8, 4) is 0 Å². The minimum absolute atomic E-state index is 0.0560. The van der Waals surface area contributed by atoms with Gasteiger partial charge in [0.1, 0.15) is 0 Å². The number of sulfonamides is 1. The van der Waals surface area contributed by atoms with Crippen molar-refractivity contribution < 1.29 is 22.7 Å². The molecular weight excluding hydrogens is 444 g/mol. The van der Waals surface area contributed by atoms with Gasteiger partial charge in [0.05, 0.1) is 30.7 Å². The predicted octanol–water partition coefficient (Wildman–Crippen LogP) is 1.13. The lowest BCUT2D eigenvalue weighted by atomic mass is 10.1. The average molecular weight is 473 g/mol. The molecule has 2 N–H and O–H groups in total. The molecule has 2 heterocycles. The maximum atomic E-state index is 12.8. The van der Waals surface area contributed by atoms with Crippen molar-refractivity contribution in [3.05, 3.63) is 59.7 Å². The van der Waals surface area contributed by atoms with Crippen LogP contribution in [0.4, 0.5) is 5.69 Å². The number of hydrogen-bond donors (Lipinski definition) is 2. The van der Waals surface area contributed by atoms with E-state index in [1.54, 1.807) is 0 Å². The summed E-state index contributed by atoms with van der Waals surface area (Å²) in [5.74, 6) is -0.617. The first-order valence-corrected chi connectivity index (χ1v) is 12.4. The Morgan fingerprint density at radius 1 is 1.03 bits per heavy atom. The quantitative estimate of drug-likeness (QED) is 0.653. The van der Waals surface area contributed by atoms with Crippen molar-refractivity contribution in [3.63, 3.8) is 0 Å². The summed E-state index contributed by atoms with van der Waals surface area (Å²) in [7, 11) is -3.79. The SMILES string of the molecule is CC(NC(=O)c1ccc(S(=O)(=O)N2CCNC(=O)C2)cc1)c1ccc(N2CCOCC2)cc1. The first kappa shape index (κ1) is 23.2. The number of hydrogen-bond acceptors (Lipinski definition) is 6. The molecule has 2 aromatic carbocycles. The van der Waals surface area contributed by atoms with Crippen LogP contribution in [0.25, 0.3) is 0 Å². The van der Waals surface area contributed by atoms with E-state index in [4.69, 9.17) is 4.74 Å². The number of benzene rings is 2. The van der Waals surface area contributed by atoms with Crippen molar-refractivity contribution in [2.24, 2.45) is 0 Å². The number of amides is 2. The van der Waals surface area contributed by atoms with E-state index in [9.17, 15) is 18.0 Å². The summed E-state index contributed by atoms with van der Waals surface area (Å²) in [5.41, 5.74) is 2.47. The van der Waals surface area contributed by atoms with Gasteiger partial charge in [-0.25, -0.2) is 8.42 Å². The van der Waals surface area contributed by atoms with E-state index >= 15 is 0 Å². The van der Waals surface area contributed by atoms with Crippen LogP contribution in [0, 0.1) is 0 Å². The van der Waals surface area contributed by atoms with Crippen molar-refractivity contribution in [1.29, 1.82) is 0 Å². The van der Waals surface area contributed by atoms with Crippen molar-refractivity contribution >= 4 is 27.5 Å². The number of anilines is 1. The van der Waals surface area contributed by atoms with Crippen molar-refractivity contribution in [2.75, 3.05) is 50.8 Å². The highest BCUT2D eigenvalue weighted by Crippen LogP contribution is 2.21. The third kappa shape index (κ3) is 5.35. The monoisotopic (exact) mass is 472 g/mol. The van der Waals surface area contributed by atoms with E-state index in [0.717, 1.165) is 41.9 Å². The zero-order valence-corrected chi connectivity index (χ0v) is 19.3. The molecule has 176 valence electrons. The van der Waals surface area contributed by atoms with Crippen LogP contribution in [-0.4, -0.2) is 70.5 Å². The predicted molar refractivity (Wildman–Crippen MR) is 124 cm³/mol. The van der Waals surface area contributed by atoms with Gasteiger partial charge in [-0.15, -0.1) is 0 Å². The zero-order chi connectivity index (χ0) is 23.4. The molecule has 0 saturated carbocycles. The molecule has 9 nitrogen and oxygen atoms in total. The largest absolute Gasteiger partial charge is 0.378 e. The van der Waals surface area contributed by atoms with E-state index in [-0.39, 0.29) is 42.4 Å². The third-order valence-electron chi connectivity index (χ3n) is 5.87. The number of carbonyl (C=O) groups is 2. The first-order chi connectivity index (χ1) is 15.8. The fourth-order valence-electron chi connectivity index (χ4n) is 3.91. The highest BCUT2D eigenvalue weighted by molar-refractivity contribution is 7.89. The van der Waals surface area contributed by atoms with E-state index < -0.39 is 10.0 Å². The van der Waals surface area contributed by atoms with Crippen LogP contribution in [0.1, 0.15) is 28.9 Å². The molecule has 0 aliphatic carbocycles. The van der Waals surface area contributed by atoms with Gasteiger partial charge in [-0.05, 0) is 48.9 Å². The summed E-state index contributed by atoms with van der Waals surface area (Å²) in [6, 6.07) is 13.7. The number of nitrogens with one attached hydrogen (secondary N) is 2. The van der Waals surface area contributed by atoms with Gasteiger partial charge >= 0.3 is 0 Å². The normalized spacial score (nSPS) is 18.5. The zero-order valence-electron chi connectivity index (χ0n) is 18.5. The van der Waals surface area contributed by atoms with Crippen LogP contribution in [0.2, 0.25) is 0 Å². The van der Waals surface area contributed by atoms with Gasteiger partial charge in [-0.1, -0.05) is 12.1 Å². The van der Waals surface area contributed by atoms with E-state index in [0.29, 0.717) is 5.56 Å². The number of morpholine rings is 1. The molecular formula is C23H28N4O5S. The van der Waals surface area contributed by atoms with Crippen molar-refractivity contribution in [1.82, 2.24) is 14.9 Å². The molecule has 1 unspecified atom stereocenters. The standard InChI is InChI=1S/C23H28N4O5S/c1-17(18-2-6-20(7-3-18)26-12-14-32-15-13-26)25-23(29)19-4-8-21(9-5-19)33(30,31)27-11-10-24-22(28)16-27/h2-9,17H,10-16H2,1H3,(H,24,28)(H,25,29). The summed E-state index contributed by atoms with van der Waals surface area (Å²) >= 11 is 0. The van der Waals surface area contributed by atoms with E-state index in [1.807, 2.05) is 31.2 Å². The maximum absolute atomic E-state index is 12.8. The summed E-state index contributed by atoms with van der Waals surface area (Å²) in [6.45, 7) is 5.38. The molecule has 2 aromatic rings. The number of ether oxygens (including phenoxy) is 1. The van der Waals surface area contributed by atoms with Gasteiger partial charge in [0.25, 0.3) is 5.91 Å². The van der Waals surface area contributed by atoms with Crippen LogP contribution in [0.5, 0.6) is 0 Å². The lowest BCUT2D eigenvalue weighted by Crippen LogP contribution is -2.49. The minimum Gasteiger partial charge on any atom is -0.378 e. The Morgan fingerprint density at radius 3 is 2.33 bits per heavy atom. The molecule has 2 fully saturated rings. The molecule has 2 amide bonds. The van der Waals surface area contributed by atoms with Gasteiger partial charge in [0.15, 0.2) is 0 Å². The van der Waals surface area contributed by atoms with E-state index in [1.165, 1.54) is 24.3 Å². The molecule has 33 heavy (non-hydrogen) atoms. The van der Waals surface area contributed by atoms with Gasteiger partial charge in [0.2, 0.25) is 15.9 Å². The molecule has 0 aromatic heterocycles. The summed E-state index contributed by atoms with van der Waals surface area (Å²) in [6.07, 6.45) is 0. The topological polar surface area (TPSA) is 108 Å². The number of piperazine rings is 1. The molecule has 0 radical (unpaired) electrons. The minimum atomic E-state index is -3.79. The third-order valence-corrected chi connectivity index (χ3v) is 7.73. The molecule has 10 heteroatoms. The fourth-order valence-corrected chi connectivity index (χ4v) is 5.30. The van der Waals surface area contributed by atoms with Crippen LogP contribution in [0.15, 0.2) is 53.4 Å². The van der Waals surface area contributed by atoms with Gasteiger partial charge in [0, 0.05) is 37.4 Å². The highest BCUT2D eigenvalue weighted by atomic mass is 32.2. The summed E-state index contributed by atoms with van der Waals surface area (Å²) < 4.78 is 32.0. The average Bonchev–Trinajstić information content (AvgIpc) is 2.84. The number of nitrogens with zero attached hydrogens (tertiary/aromatic N) is 2. The van der Waals surface area contributed by atoms with Crippen LogP contribution < -0.4 is 15.5 Å². The molecule has 2 aliphatic rings. The smallest absolute Gasteiger partial charge is 0.251 e. The molecule has 2 aliphatic heterocycles. The lowest BCUT2D eigenvalue weighted by molar-refractivity contribution is -0.122. The van der Waals surface area contributed by atoms with Gasteiger partial charge in [-0.2, -0.15) is 4.31 Å². The summed E-state index contributed by atoms with van der Waals surface area (Å²) in [5, 5.41) is 5.56. The highest BCUT2D eigenvalue weighted by Gasteiger charge is 2.29. The fraction of sp³-hybridized carbons (Fsp3) is 0.391.